The molecule has 0 bridgehead atoms. The Morgan fingerprint density at radius 3 is 2.64 bits per heavy atom. The SMILES string of the molecule is CC1=CN2C(=N)/C(=C/c3ccc(OCc4ccccc4C)cc3)C(=O)N=C2S1. The van der Waals surface area contributed by atoms with Crippen LogP contribution < -0.4 is 4.74 Å². The molecule has 0 unspecified atom stereocenters. The molecular weight excluding hydrogens is 370 g/mol. The summed E-state index contributed by atoms with van der Waals surface area (Å²) in [6.45, 7) is 4.50. The van der Waals surface area contributed by atoms with Crippen LogP contribution >= 0.6 is 11.8 Å². The lowest BCUT2D eigenvalue weighted by molar-refractivity contribution is -0.114. The molecule has 0 saturated heterocycles. The van der Waals surface area contributed by atoms with Gasteiger partial charge in [-0.25, -0.2) is 0 Å². The van der Waals surface area contributed by atoms with E-state index in [1.807, 2.05) is 49.5 Å². The molecule has 4 rings (SSSR count). The van der Waals surface area contributed by atoms with Crippen molar-refractivity contribution < 1.29 is 9.53 Å². The largest absolute Gasteiger partial charge is 0.489 e. The first kappa shape index (κ1) is 18.3. The van der Waals surface area contributed by atoms with E-state index in [1.165, 1.54) is 17.3 Å². The maximum atomic E-state index is 12.3. The molecule has 2 aromatic carbocycles. The van der Waals surface area contributed by atoms with Gasteiger partial charge in [-0.3, -0.25) is 15.1 Å². The normalized spacial score (nSPS) is 17.5. The third-order valence-electron chi connectivity index (χ3n) is 4.54. The maximum Gasteiger partial charge on any atom is 0.283 e. The molecule has 0 atom stereocenters. The zero-order valence-corrected chi connectivity index (χ0v) is 16.4. The number of carbonyl (C=O) groups is 1. The summed E-state index contributed by atoms with van der Waals surface area (Å²) in [7, 11) is 0. The van der Waals surface area contributed by atoms with E-state index >= 15 is 0 Å². The molecule has 2 aromatic rings. The quantitative estimate of drug-likeness (QED) is 0.767. The van der Waals surface area contributed by atoms with Gasteiger partial charge in [-0.15, -0.1) is 0 Å². The summed E-state index contributed by atoms with van der Waals surface area (Å²) in [4.78, 5) is 19.1. The first-order chi connectivity index (χ1) is 13.5. The van der Waals surface area contributed by atoms with Gasteiger partial charge in [0.2, 0.25) is 0 Å². The van der Waals surface area contributed by atoms with Crippen LogP contribution in [-0.4, -0.2) is 21.8 Å². The lowest BCUT2D eigenvalue weighted by atomic mass is 10.1. The van der Waals surface area contributed by atoms with E-state index in [4.69, 9.17) is 10.1 Å². The zero-order chi connectivity index (χ0) is 19.7. The number of thioether (sulfide) groups is 1. The predicted molar refractivity (Wildman–Crippen MR) is 113 cm³/mol. The average molecular weight is 389 g/mol. The van der Waals surface area contributed by atoms with Gasteiger partial charge in [-0.05, 0) is 48.7 Å². The first-order valence-corrected chi connectivity index (χ1v) is 9.69. The van der Waals surface area contributed by atoms with Gasteiger partial charge in [0.05, 0.1) is 5.57 Å². The number of aliphatic imine (C=N–C) groups is 1. The highest BCUT2D eigenvalue weighted by atomic mass is 32.2. The number of aryl methyl sites for hydroxylation is 1. The van der Waals surface area contributed by atoms with Crippen LogP contribution in [0, 0.1) is 12.3 Å². The standard InChI is InChI=1S/C22H19N3O2S/c1-14-5-3-4-6-17(14)13-27-18-9-7-16(8-10-18)11-19-20(23)25-12-15(2)28-22(25)24-21(19)26/h3-12,23H,13H2,1-2H3/b19-11-,23-20?. The summed E-state index contributed by atoms with van der Waals surface area (Å²) < 4.78 is 5.86. The van der Waals surface area contributed by atoms with E-state index in [9.17, 15) is 4.79 Å². The molecule has 0 saturated carbocycles. The van der Waals surface area contributed by atoms with Crippen LogP contribution in [0.15, 0.2) is 70.2 Å². The summed E-state index contributed by atoms with van der Waals surface area (Å²) in [6, 6.07) is 15.6. The molecule has 2 aliphatic heterocycles. The first-order valence-electron chi connectivity index (χ1n) is 8.88. The highest BCUT2D eigenvalue weighted by molar-refractivity contribution is 8.17. The zero-order valence-electron chi connectivity index (χ0n) is 15.6. The second kappa shape index (κ2) is 7.48. The molecule has 2 heterocycles. The number of amidine groups is 2. The van der Waals surface area contributed by atoms with Crippen molar-refractivity contribution in [3.05, 3.63) is 81.9 Å². The van der Waals surface area contributed by atoms with Crippen LogP contribution in [0.5, 0.6) is 5.75 Å². The van der Waals surface area contributed by atoms with Crippen LogP contribution in [0.3, 0.4) is 0 Å². The topological polar surface area (TPSA) is 65.8 Å². The van der Waals surface area contributed by atoms with Gasteiger partial charge in [0.15, 0.2) is 5.17 Å². The van der Waals surface area contributed by atoms with E-state index in [0.717, 1.165) is 21.8 Å². The number of fused-ring (bicyclic) bond motifs is 1. The van der Waals surface area contributed by atoms with Crippen LogP contribution in [0.25, 0.3) is 6.08 Å². The Morgan fingerprint density at radius 1 is 1.14 bits per heavy atom. The number of hydrogen-bond donors (Lipinski definition) is 1. The van der Waals surface area contributed by atoms with E-state index in [-0.39, 0.29) is 17.3 Å². The number of ether oxygens (including phenoxy) is 1. The monoisotopic (exact) mass is 389 g/mol. The van der Waals surface area contributed by atoms with Crippen molar-refractivity contribution in [3.8, 4) is 5.75 Å². The van der Waals surface area contributed by atoms with Crippen LogP contribution in [0.1, 0.15) is 23.6 Å². The number of benzene rings is 2. The molecular formula is C22H19N3O2S. The van der Waals surface area contributed by atoms with Gasteiger partial charge >= 0.3 is 0 Å². The summed E-state index contributed by atoms with van der Waals surface area (Å²) in [6.07, 6.45) is 3.52. The number of nitrogens with one attached hydrogen (secondary N) is 1. The molecule has 28 heavy (non-hydrogen) atoms. The summed E-state index contributed by atoms with van der Waals surface area (Å²) in [5.74, 6) is 0.524. The molecule has 5 nitrogen and oxygen atoms in total. The van der Waals surface area contributed by atoms with Crippen molar-refractivity contribution in [1.29, 1.82) is 5.41 Å². The lowest BCUT2D eigenvalue weighted by Gasteiger charge is -2.22. The fourth-order valence-corrected chi connectivity index (χ4v) is 3.78. The highest BCUT2D eigenvalue weighted by Crippen LogP contribution is 2.32. The smallest absolute Gasteiger partial charge is 0.283 e. The Labute approximate surface area is 167 Å². The predicted octanol–water partition coefficient (Wildman–Crippen LogP) is 4.74. The van der Waals surface area contributed by atoms with Crippen molar-refractivity contribution >= 4 is 34.7 Å². The van der Waals surface area contributed by atoms with Gasteiger partial charge in [0.25, 0.3) is 5.91 Å². The average Bonchev–Trinajstić information content (AvgIpc) is 3.06. The fourth-order valence-electron chi connectivity index (χ4n) is 2.96. The second-order valence-electron chi connectivity index (χ2n) is 6.60. The summed E-state index contributed by atoms with van der Waals surface area (Å²) >= 11 is 1.40. The number of nitrogens with zero attached hydrogens (tertiary/aromatic N) is 2. The summed E-state index contributed by atoms with van der Waals surface area (Å²) in [5, 5.41) is 8.89. The molecule has 2 aliphatic rings. The van der Waals surface area contributed by atoms with E-state index in [1.54, 1.807) is 11.0 Å². The Hall–Kier alpha value is -3.12. The van der Waals surface area contributed by atoms with Crippen molar-refractivity contribution in [1.82, 2.24) is 4.90 Å². The van der Waals surface area contributed by atoms with Gasteiger partial charge in [-0.2, -0.15) is 4.99 Å². The van der Waals surface area contributed by atoms with Gasteiger partial charge < -0.3 is 4.74 Å². The van der Waals surface area contributed by atoms with Gasteiger partial charge in [0, 0.05) is 11.1 Å². The number of amides is 1. The molecule has 140 valence electrons. The van der Waals surface area contributed by atoms with E-state index < -0.39 is 0 Å². The Kier molecular flexibility index (Phi) is 4.88. The molecule has 0 aromatic heterocycles. The van der Waals surface area contributed by atoms with Crippen LogP contribution in [-0.2, 0) is 11.4 Å². The van der Waals surface area contributed by atoms with Crippen molar-refractivity contribution in [2.75, 3.05) is 0 Å². The second-order valence-corrected chi connectivity index (χ2v) is 7.82. The van der Waals surface area contributed by atoms with Crippen molar-refractivity contribution in [2.45, 2.75) is 20.5 Å². The Morgan fingerprint density at radius 2 is 1.89 bits per heavy atom. The Balaban J connectivity index is 1.49. The van der Waals surface area contributed by atoms with E-state index in [2.05, 4.69) is 24.0 Å². The Bertz CT molecular complexity index is 1050. The van der Waals surface area contributed by atoms with Gasteiger partial charge in [0.1, 0.15) is 18.2 Å². The molecule has 0 aliphatic carbocycles. The number of rotatable bonds is 4. The number of hydrogen-bond acceptors (Lipinski definition) is 4. The number of allylic oxidation sites excluding steroid dienone is 1. The van der Waals surface area contributed by atoms with E-state index in [0.29, 0.717) is 11.8 Å². The highest BCUT2D eigenvalue weighted by Gasteiger charge is 2.32. The molecule has 6 heteroatoms. The van der Waals surface area contributed by atoms with Crippen LogP contribution in [0.4, 0.5) is 0 Å². The third kappa shape index (κ3) is 3.64. The minimum atomic E-state index is -0.383. The summed E-state index contributed by atoms with van der Waals surface area (Å²) in [5.41, 5.74) is 3.45. The third-order valence-corrected chi connectivity index (χ3v) is 5.44. The van der Waals surface area contributed by atoms with Crippen LogP contribution in [0.2, 0.25) is 0 Å². The molecule has 0 spiro atoms. The number of carbonyl (C=O) groups excluding carboxylic acids is 1. The fraction of sp³-hybridized carbons (Fsp3) is 0.136. The molecule has 0 radical (unpaired) electrons. The minimum Gasteiger partial charge on any atom is -0.489 e. The van der Waals surface area contributed by atoms with Gasteiger partial charge in [-0.1, -0.05) is 48.2 Å². The molecule has 1 amide bonds. The lowest BCUT2D eigenvalue weighted by Crippen LogP contribution is -2.35. The van der Waals surface area contributed by atoms with Crippen molar-refractivity contribution in [2.24, 2.45) is 4.99 Å². The van der Waals surface area contributed by atoms with Crippen molar-refractivity contribution in [3.63, 3.8) is 0 Å². The molecule has 1 N–H and O–H groups in total. The minimum absolute atomic E-state index is 0.152. The maximum absolute atomic E-state index is 12.3. The molecule has 0 fully saturated rings.